The van der Waals surface area contributed by atoms with Crippen LogP contribution in [0.2, 0.25) is 0 Å². The highest BCUT2D eigenvalue weighted by atomic mass is 16.5. The van der Waals surface area contributed by atoms with E-state index in [1.807, 2.05) is 13.8 Å². The summed E-state index contributed by atoms with van der Waals surface area (Å²) in [6.07, 6.45) is 0. The first-order valence-corrected chi connectivity index (χ1v) is 8.67. The zero-order chi connectivity index (χ0) is 17.3. The summed E-state index contributed by atoms with van der Waals surface area (Å²) < 4.78 is 11.1. The van der Waals surface area contributed by atoms with Crippen molar-refractivity contribution in [2.75, 3.05) is 26.2 Å². The van der Waals surface area contributed by atoms with Crippen molar-refractivity contribution >= 4 is 0 Å². The Kier molecular flexibility index (Phi) is 5.01. The van der Waals surface area contributed by atoms with Crippen molar-refractivity contribution in [2.45, 2.75) is 53.1 Å². The zero-order valence-electron chi connectivity index (χ0n) is 15.2. The average molecular weight is 333 g/mol. The molecule has 7 heteroatoms. The van der Waals surface area contributed by atoms with Gasteiger partial charge in [0.2, 0.25) is 11.8 Å². The fourth-order valence-corrected chi connectivity index (χ4v) is 2.91. The third kappa shape index (κ3) is 3.67. The van der Waals surface area contributed by atoms with Crippen LogP contribution in [0.3, 0.4) is 0 Å². The summed E-state index contributed by atoms with van der Waals surface area (Å²) >= 11 is 0. The number of aromatic nitrogens is 3. The molecule has 1 atom stereocenters. The maximum absolute atomic E-state index is 5.69. The highest BCUT2D eigenvalue weighted by molar-refractivity contribution is 5.05. The molecule has 0 amide bonds. The third-order valence-corrected chi connectivity index (χ3v) is 4.72. The van der Waals surface area contributed by atoms with Crippen LogP contribution in [0.25, 0.3) is 0 Å². The van der Waals surface area contributed by atoms with Crippen LogP contribution in [0.5, 0.6) is 0 Å². The van der Waals surface area contributed by atoms with Crippen LogP contribution >= 0.6 is 0 Å². The number of piperazine rings is 1. The summed E-state index contributed by atoms with van der Waals surface area (Å²) in [6.45, 7) is 14.9. The SMILES string of the molecule is Cc1nc(CN2CCN([C@H](C)c3nc(C(C)C)no3)CC2)oc1C. The summed E-state index contributed by atoms with van der Waals surface area (Å²) in [6, 6.07) is 0.151. The molecule has 1 fully saturated rings. The van der Waals surface area contributed by atoms with E-state index in [1.165, 1.54) is 0 Å². The van der Waals surface area contributed by atoms with Gasteiger partial charge in [-0.05, 0) is 20.8 Å². The molecule has 0 aromatic carbocycles. The second-order valence-electron chi connectivity index (χ2n) is 6.88. The van der Waals surface area contributed by atoms with Gasteiger partial charge in [0.05, 0.1) is 18.3 Å². The first kappa shape index (κ1) is 17.1. The van der Waals surface area contributed by atoms with E-state index in [9.17, 15) is 0 Å². The van der Waals surface area contributed by atoms with Gasteiger partial charge in [-0.25, -0.2) is 4.98 Å². The maximum Gasteiger partial charge on any atom is 0.243 e. The summed E-state index contributed by atoms with van der Waals surface area (Å²) in [5, 5.41) is 4.07. The van der Waals surface area contributed by atoms with Crippen LogP contribution in [0.1, 0.15) is 61.8 Å². The molecule has 1 saturated heterocycles. The summed E-state index contributed by atoms with van der Waals surface area (Å²) in [5.41, 5.74) is 0.981. The van der Waals surface area contributed by atoms with Gasteiger partial charge in [0.25, 0.3) is 0 Å². The summed E-state index contributed by atoms with van der Waals surface area (Å²) in [5.74, 6) is 3.51. The molecule has 24 heavy (non-hydrogen) atoms. The van der Waals surface area contributed by atoms with Crippen molar-refractivity contribution in [2.24, 2.45) is 0 Å². The molecule has 0 unspecified atom stereocenters. The number of hydrogen-bond acceptors (Lipinski definition) is 7. The number of nitrogens with zero attached hydrogens (tertiary/aromatic N) is 5. The second kappa shape index (κ2) is 7.03. The molecule has 0 aliphatic carbocycles. The zero-order valence-corrected chi connectivity index (χ0v) is 15.2. The minimum Gasteiger partial charge on any atom is -0.444 e. The van der Waals surface area contributed by atoms with E-state index in [0.717, 1.165) is 55.9 Å². The van der Waals surface area contributed by atoms with Gasteiger partial charge in [0, 0.05) is 32.1 Å². The molecular formula is C17H27N5O2. The summed E-state index contributed by atoms with van der Waals surface area (Å²) in [4.78, 5) is 13.8. The van der Waals surface area contributed by atoms with E-state index in [4.69, 9.17) is 8.94 Å². The molecule has 1 aliphatic rings. The molecule has 2 aromatic heterocycles. The Morgan fingerprint density at radius 1 is 1.04 bits per heavy atom. The highest BCUT2D eigenvalue weighted by Gasteiger charge is 2.26. The Bertz CT molecular complexity index is 651. The fourth-order valence-electron chi connectivity index (χ4n) is 2.91. The smallest absolute Gasteiger partial charge is 0.243 e. The van der Waals surface area contributed by atoms with Gasteiger partial charge in [-0.15, -0.1) is 0 Å². The van der Waals surface area contributed by atoms with Crippen LogP contribution in [0.4, 0.5) is 0 Å². The molecule has 0 radical (unpaired) electrons. The van der Waals surface area contributed by atoms with Crippen molar-refractivity contribution in [3.05, 3.63) is 29.1 Å². The second-order valence-corrected chi connectivity index (χ2v) is 6.88. The molecule has 0 spiro atoms. The normalized spacial score (nSPS) is 18.4. The minimum absolute atomic E-state index is 0.151. The Balaban J connectivity index is 1.54. The Morgan fingerprint density at radius 3 is 2.29 bits per heavy atom. The first-order valence-electron chi connectivity index (χ1n) is 8.67. The highest BCUT2D eigenvalue weighted by Crippen LogP contribution is 2.22. The number of oxazole rings is 1. The molecule has 1 aliphatic heterocycles. The lowest BCUT2D eigenvalue weighted by Crippen LogP contribution is -2.46. The maximum atomic E-state index is 5.69. The van der Waals surface area contributed by atoms with E-state index in [2.05, 4.69) is 45.7 Å². The number of hydrogen-bond donors (Lipinski definition) is 0. The van der Waals surface area contributed by atoms with E-state index in [0.29, 0.717) is 11.8 Å². The van der Waals surface area contributed by atoms with Crippen molar-refractivity contribution in [3.63, 3.8) is 0 Å². The van der Waals surface area contributed by atoms with E-state index >= 15 is 0 Å². The standard InChI is InChI=1S/C17H27N5O2/c1-11(2)16-19-17(24-20-16)13(4)22-8-6-21(7-9-22)10-15-18-12(3)14(5)23-15/h11,13H,6-10H2,1-5H3/t13-/m1/s1. The predicted octanol–water partition coefficient (Wildman–Crippen LogP) is 2.68. The van der Waals surface area contributed by atoms with Crippen LogP contribution in [0.15, 0.2) is 8.94 Å². The van der Waals surface area contributed by atoms with Gasteiger partial charge < -0.3 is 8.94 Å². The first-order chi connectivity index (χ1) is 11.4. The van der Waals surface area contributed by atoms with Crippen molar-refractivity contribution in [1.29, 1.82) is 0 Å². The topological polar surface area (TPSA) is 71.4 Å². The van der Waals surface area contributed by atoms with Gasteiger partial charge in [-0.1, -0.05) is 19.0 Å². The van der Waals surface area contributed by atoms with E-state index in [1.54, 1.807) is 0 Å². The third-order valence-electron chi connectivity index (χ3n) is 4.72. The lowest BCUT2D eigenvalue weighted by Gasteiger charge is -2.36. The van der Waals surface area contributed by atoms with Gasteiger partial charge in [0.1, 0.15) is 5.76 Å². The summed E-state index contributed by atoms with van der Waals surface area (Å²) in [7, 11) is 0. The average Bonchev–Trinajstić information content (AvgIpc) is 3.15. The quantitative estimate of drug-likeness (QED) is 0.833. The molecule has 0 bridgehead atoms. The molecule has 3 rings (SSSR count). The van der Waals surface area contributed by atoms with Crippen LogP contribution in [-0.4, -0.2) is 51.1 Å². The van der Waals surface area contributed by atoms with Gasteiger partial charge in [0.15, 0.2) is 5.82 Å². The van der Waals surface area contributed by atoms with Crippen LogP contribution in [-0.2, 0) is 6.54 Å². The minimum atomic E-state index is 0.151. The van der Waals surface area contributed by atoms with Gasteiger partial charge in [-0.2, -0.15) is 4.98 Å². The van der Waals surface area contributed by atoms with Crippen molar-refractivity contribution in [1.82, 2.24) is 24.9 Å². The van der Waals surface area contributed by atoms with Gasteiger partial charge >= 0.3 is 0 Å². The van der Waals surface area contributed by atoms with Crippen molar-refractivity contribution < 1.29 is 8.94 Å². The molecule has 0 N–H and O–H groups in total. The fraction of sp³-hybridized carbons (Fsp3) is 0.706. The molecule has 132 valence electrons. The number of aryl methyl sites for hydroxylation is 2. The molecule has 2 aromatic rings. The van der Waals surface area contributed by atoms with E-state index < -0.39 is 0 Å². The Morgan fingerprint density at radius 2 is 1.75 bits per heavy atom. The van der Waals surface area contributed by atoms with E-state index in [-0.39, 0.29) is 6.04 Å². The molecule has 7 nitrogen and oxygen atoms in total. The molecular weight excluding hydrogens is 306 g/mol. The predicted molar refractivity (Wildman–Crippen MR) is 89.6 cm³/mol. The lowest BCUT2D eigenvalue weighted by molar-refractivity contribution is 0.0796. The van der Waals surface area contributed by atoms with Crippen molar-refractivity contribution in [3.8, 4) is 0 Å². The largest absolute Gasteiger partial charge is 0.444 e. The monoisotopic (exact) mass is 333 g/mol. The van der Waals surface area contributed by atoms with Crippen LogP contribution < -0.4 is 0 Å². The number of rotatable bonds is 5. The molecule has 0 saturated carbocycles. The van der Waals surface area contributed by atoms with Gasteiger partial charge in [-0.3, -0.25) is 9.80 Å². The van der Waals surface area contributed by atoms with Crippen LogP contribution in [0, 0.1) is 13.8 Å². The Hall–Kier alpha value is -1.73. The Labute approximate surface area is 143 Å². The molecule has 3 heterocycles. The lowest BCUT2D eigenvalue weighted by atomic mass is 10.2.